The Hall–Kier alpha value is -3.07. The molecule has 1 amide bonds. The number of nitrogens with zero attached hydrogens (tertiary/aromatic N) is 4. The van der Waals surface area contributed by atoms with Crippen LogP contribution in [0.1, 0.15) is 18.4 Å². The van der Waals surface area contributed by atoms with Crippen LogP contribution < -0.4 is 9.80 Å². The van der Waals surface area contributed by atoms with Crippen LogP contribution in [0.25, 0.3) is 4.85 Å². The number of pyridine rings is 1. The molecule has 2 aromatic rings. The third-order valence-corrected chi connectivity index (χ3v) is 5.05. The highest BCUT2D eigenvalue weighted by Gasteiger charge is 2.52. The predicted molar refractivity (Wildman–Crippen MR) is 99.1 cm³/mol. The summed E-state index contributed by atoms with van der Waals surface area (Å²) in [5.74, 6) is 0.847. The summed E-state index contributed by atoms with van der Waals surface area (Å²) in [6, 6.07) is 13.5. The topological polar surface area (TPSA) is 50.0 Å². The van der Waals surface area contributed by atoms with E-state index in [0.717, 1.165) is 29.9 Å². The third kappa shape index (κ3) is 2.97. The Morgan fingerprint density at radius 1 is 1.31 bits per heavy atom. The molecule has 6 nitrogen and oxygen atoms in total. The Morgan fingerprint density at radius 3 is 2.69 bits per heavy atom. The molecule has 26 heavy (non-hydrogen) atoms. The summed E-state index contributed by atoms with van der Waals surface area (Å²) in [4.78, 5) is 24.0. The zero-order chi connectivity index (χ0) is 18.1. The number of carbonyl (C=O) groups excluding carboxylic acids is 1. The highest BCUT2D eigenvalue weighted by Crippen LogP contribution is 2.49. The summed E-state index contributed by atoms with van der Waals surface area (Å²) in [6.07, 6.45) is 3.04. The number of aromatic nitrogens is 1. The molecule has 0 bridgehead atoms. The predicted octanol–water partition coefficient (Wildman–Crippen LogP) is 3.45. The molecule has 1 aromatic heterocycles. The van der Waals surface area contributed by atoms with Crippen LogP contribution in [0.15, 0.2) is 48.7 Å². The first-order chi connectivity index (χ1) is 12.6. The fourth-order valence-electron chi connectivity index (χ4n) is 3.34. The molecule has 6 heteroatoms. The lowest BCUT2D eigenvalue weighted by molar-refractivity contribution is 0.144. The second-order valence-electron chi connectivity index (χ2n) is 6.88. The van der Waals surface area contributed by atoms with E-state index >= 15 is 0 Å². The molecule has 1 aliphatic heterocycles. The van der Waals surface area contributed by atoms with Crippen molar-refractivity contribution in [1.29, 1.82) is 0 Å². The van der Waals surface area contributed by atoms with Crippen molar-refractivity contribution in [1.82, 2.24) is 4.98 Å². The molecule has 132 valence electrons. The zero-order valence-electron chi connectivity index (χ0n) is 14.6. The fraction of sp³-hybridized carbons (Fsp3) is 0.350. The molecule has 1 saturated carbocycles. The van der Waals surface area contributed by atoms with Gasteiger partial charge in [0.15, 0.2) is 0 Å². The summed E-state index contributed by atoms with van der Waals surface area (Å²) >= 11 is 0. The van der Waals surface area contributed by atoms with Gasteiger partial charge in [0.2, 0.25) is 0 Å². The molecule has 0 unspecified atom stereocenters. The van der Waals surface area contributed by atoms with Gasteiger partial charge in [-0.2, -0.15) is 0 Å². The molecule has 1 saturated heterocycles. The highest BCUT2D eigenvalue weighted by molar-refractivity contribution is 5.89. The monoisotopic (exact) mass is 348 g/mol. The van der Waals surface area contributed by atoms with Gasteiger partial charge in [-0.15, -0.1) is 0 Å². The maximum atomic E-state index is 12.3. The molecule has 0 N–H and O–H groups in total. The van der Waals surface area contributed by atoms with Crippen LogP contribution in [0.4, 0.5) is 16.3 Å². The van der Waals surface area contributed by atoms with Crippen molar-refractivity contribution in [3.05, 3.63) is 65.6 Å². The summed E-state index contributed by atoms with van der Waals surface area (Å²) in [6.45, 7) is 8.44. The lowest BCUT2D eigenvalue weighted by Crippen LogP contribution is -2.32. The first-order valence-electron chi connectivity index (χ1n) is 8.71. The van der Waals surface area contributed by atoms with Crippen molar-refractivity contribution in [3.8, 4) is 0 Å². The minimum absolute atomic E-state index is 0.216. The van der Waals surface area contributed by atoms with Crippen LogP contribution in [0.2, 0.25) is 0 Å². The van der Waals surface area contributed by atoms with Crippen molar-refractivity contribution < 1.29 is 9.53 Å². The van der Waals surface area contributed by atoms with E-state index in [4.69, 9.17) is 11.3 Å². The molecule has 2 aliphatic rings. The number of cyclic esters (lactones) is 1. The SMILES string of the molecule is [C-]#[N+]C1(c2ccc(N3C[C@H](CN(C)c4ccccn4)OC3=O)cc2)CC1. The number of anilines is 2. The smallest absolute Gasteiger partial charge is 0.414 e. The van der Waals surface area contributed by atoms with Crippen LogP contribution in [0.5, 0.6) is 0 Å². The van der Waals surface area contributed by atoms with E-state index in [1.165, 1.54) is 0 Å². The van der Waals surface area contributed by atoms with E-state index in [9.17, 15) is 4.79 Å². The van der Waals surface area contributed by atoms with E-state index in [-0.39, 0.29) is 17.7 Å². The maximum Gasteiger partial charge on any atom is 0.414 e. The minimum atomic E-state index is -0.330. The number of benzene rings is 1. The highest BCUT2D eigenvalue weighted by atomic mass is 16.6. The van der Waals surface area contributed by atoms with E-state index < -0.39 is 0 Å². The number of hydrogen-bond donors (Lipinski definition) is 0. The summed E-state index contributed by atoms with van der Waals surface area (Å²) in [5.41, 5.74) is 1.52. The van der Waals surface area contributed by atoms with Gasteiger partial charge in [-0.1, -0.05) is 6.07 Å². The van der Waals surface area contributed by atoms with E-state index in [1.54, 1.807) is 11.1 Å². The molecular weight excluding hydrogens is 328 g/mol. The largest absolute Gasteiger partial charge is 0.442 e. The quantitative estimate of drug-likeness (QED) is 0.777. The summed E-state index contributed by atoms with van der Waals surface area (Å²) in [5, 5.41) is 0. The molecular formula is C20H20N4O2. The van der Waals surface area contributed by atoms with E-state index in [1.807, 2.05) is 54.4 Å². The number of hydrogen-bond acceptors (Lipinski definition) is 4. The minimum Gasteiger partial charge on any atom is -0.442 e. The van der Waals surface area contributed by atoms with Crippen molar-refractivity contribution in [2.45, 2.75) is 24.5 Å². The Morgan fingerprint density at radius 2 is 2.08 bits per heavy atom. The van der Waals surface area contributed by atoms with Gasteiger partial charge in [-0.05, 0) is 36.4 Å². The first-order valence-corrected chi connectivity index (χ1v) is 8.71. The lowest BCUT2D eigenvalue weighted by atomic mass is 10.1. The number of carbonyl (C=O) groups is 1. The number of amides is 1. The maximum absolute atomic E-state index is 12.3. The first kappa shape index (κ1) is 16.4. The van der Waals surface area contributed by atoms with Gasteiger partial charge in [-0.3, -0.25) is 4.90 Å². The van der Waals surface area contributed by atoms with Gasteiger partial charge >= 0.3 is 6.09 Å². The van der Waals surface area contributed by atoms with Gasteiger partial charge < -0.3 is 14.5 Å². The van der Waals surface area contributed by atoms with E-state index in [0.29, 0.717) is 13.1 Å². The molecule has 2 fully saturated rings. The average molecular weight is 348 g/mol. The summed E-state index contributed by atoms with van der Waals surface area (Å²) < 4.78 is 5.52. The van der Waals surface area contributed by atoms with Crippen LogP contribution in [-0.2, 0) is 10.3 Å². The van der Waals surface area contributed by atoms with Gasteiger partial charge in [0.05, 0.1) is 13.1 Å². The van der Waals surface area contributed by atoms with Crippen molar-refractivity contribution >= 4 is 17.6 Å². The van der Waals surface area contributed by atoms with Crippen LogP contribution in [0, 0.1) is 6.57 Å². The normalized spacial score (nSPS) is 20.4. The van der Waals surface area contributed by atoms with Crippen molar-refractivity contribution in [2.24, 2.45) is 0 Å². The standard InChI is InChI=1S/C20H20N4O2/c1-21-20(10-11-20)15-6-8-16(9-7-15)24-14-17(26-19(24)25)13-23(2)18-5-3-4-12-22-18/h3-9,12,17H,10-11,13-14H2,2H3/t17-/m0/s1. The van der Waals surface area contributed by atoms with Gasteiger partial charge in [0, 0.05) is 37.3 Å². The number of ether oxygens (including phenoxy) is 1. The van der Waals surface area contributed by atoms with Crippen molar-refractivity contribution in [2.75, 3.05) is 29.9 Å². The Bertz CT molecular complexity index is 840. The summed E-state index contributed by atoms with van der Waals surface area (Å²) in [7, 11) is 1.94. The second-order valence-corrected chi connectivity index (χ2v) is 6.88. The molecule has 0 spiro atoms. The zero-order valence-corrected chi connectivity index (χ0v) is 14.6. The fourth-order valence-corrected chi connectivity index (χ4v) is 3.34. The van der Waals surface area contributed by atoms with Crippen LogP contribution in [0.3, 0.4) is 0 Å². The molecule has 1 atom stereocenters. The van der Waals surface area contributed by atoms with Gasteiger partial charge in [0.25, 0.3) is 5.54 Å². The van der Waals surface area contributed by atoms with Gasteiger partial charge in [0.1, 0.15) is 11.9 Å². The molecule has 0 radical (unpaired) electrons. The third-order valence-electron chi connectivity index (χ3n) is 5.05. The molecule has 2 heterocycles. The molecule has 1 aromatic carbocycles. The lowest BCUT2D eigenvalue weighted by Gasteiger charge is -2.20. The van der Waals surface area contributed by atoms with Crippen molar-refractivity contribution in [3.63, 3.8) is 0 Å². The second kappa shape index (κ2) is 6.34. The van der Waals surface area contributed by atoms with Crippen LogP contribution in [-0.4, -0.2) is 37.3 Å². The average Bonchev–Trinajstić information content (AvgIpc) is 3.40. The van der Waals surface area contributed by atoms with Gasteiger partial charge in [-0.25, -0.2) is 16.4 Å². The molecule has 1 aliphatic carbocycles. The Labute approximate surface area is 152 Å². The number of rotatable bonds is 5. The van der Waals surface area contributed by atoms with Crippen LogP contribution >= 0.6 is 0 Å². The van der Waals surface area contributed by atoms with E-state index in [2.05, 4.69) is 9.83 Å². The Balaban J connectivity index is 1.42. The Kier molecular flexibility index (Phi) is 4.00. The molecule has 4 rings (SSSR count). The number of likely N-dealkylation sites (N-methyl/N-ethyl adjacent to an activating group) is 1.